The second kappa shape index (κ2) is 4.97. The molecule has 1 saturated heterocycles. The average Bonchev–Trinajstić information content (AvgIpc) is 2.81. The zero-order valence-corrected chi connectivity index (χ0v) is 9.45. The van der Waals surface area contributed by atoms with E-state index in [1.54, 1.807) is 0 Å². The van der Waals surface area contributed by atoms with E-state index in [4.69, 9.17) is 5.73 Å². The molecule has 1 unspecified atom stereocenters. The number of hydrogen-bond acceptors (Lipinski definition) is 2. The number of carbonyl (C=O) groups excluding carboxylic acids is 1. The molecule has 2 rings (SSSR count). The van der Waals surface area contributed by atoms with Crippen LogP contribution >= 0.6 is 0 Å². The molecule has 1 atom stereocenters. The Morgan fingerprint density at radius 2 is 1.80 bits per heavy atom. The standard InChI is InChI=1S/C12H22N2O/c13-9-11-7-3-4-8-14(11)12(15)10-5-1-2-6-10/h10-11H,1-9,13H2. The van der Waals surface area contributed by atoms with Crippen LogP contribution in [0.5, 0.6) is 0 Å². The molecule has 2 fully saturated rings. The number of carbonyl (C=O) groups is 1. The Morgan fingerprint density at radius 3 is 2.47 bits per heavy atom. The van der Waals surface area contributed by atoms with E-state index in [0.29, 0.717) is 24.4 Å². The van der Waals surface area contributed by atoms with Crippen molar-refractivity contribution in [2.24, 2.45) is 11.7 Å². The minimum atomic E-state index is 0.317. The van der Waals surface area contributed by atoms with Crippen molar-refractivity contribution in [3.05, 3.63) is 0 Å². The molecule has 0 aromatic rings. The summed E-state index contributed by atoms with van der Waals surface area (Å²) in [6.45, 7) is 1.58. The Bertz CT molecular complexity index is 224. The quantitative estimate of drug-likeness (QED) is 0.751. The van der Waals surface area contributed by atoms with Crippen molar-refractivity contribution in [3.63, 3.8) is 0 Å². The van der Waals surface area contributed by atoms with Crippen LogP contribution in [-0.4, -0.2) is 29.9 Å². The molecule has 2 N–H and O–H groups in total. The van der Waals surface area contributed by atoms with Crippen molar-refractivity contribution >= 4 is 5.91 Å². The van der Waals surface area contributed by atoms with Gasteiger partial charge in [-0.1, -0.05) is 12.8 Å². The number of hydrogen-bond donors (Lipinski definition) is 1. The van der Waals surface area contributed by atoms with Gasteiger partial charge in [0.15, 0.2) is 0 Å². The maximum absolute atomic E-state index is 12.2. The topological polar surface area (TPSA) is 46.3 Å². The predicted molar refractivity (Wildman–Crippen MR) is 60.4 cm³/mol. The van der Waals surface area contributed by atoms with E-state index in [9.17, 15) is 4.79 Å². The van der Waals surface area contributed by atoms with Gasteiger partial charge < -0.3 is 10.6 Å². The maximum atomic E-state index is 12.2. The van der Waals surface area contributed by atoms with Crippen molar-refractivity contribution in [1.29, 1.82) is 0 Å². The summed E-state index contributed by atoms with van der Waals surface area (Å²) >= 11 is 0. The van der Waals surface area contributed by atoms with Gasteiger partial charge in [-0.05, 0) is 32.1 Å². The number of amides is 1. The van der Waals surface area contributed by atoms with Crippen LogP contribution < -0.4 is 5.73 Å². The van der Waals surface area contributed by atoms with E-state index in [-0.39, 0.29) is 0 Å². The first-order chi connectivity index (χ1) is 7.33. The summed E-state index contributed by atoms with van der Waals surface area (Å²) < 4.78 is 0. The van der Waals surface area contributed by atoms with E-state index >= 15 is 0 Å². The summed E-state index contributed by atoms with van der Waals surface area (Å²) in [4.78, 5) is 14.3. The third kappa shape index (κ3) is 2.33. The lowest BCUT2D eigenvalue weighted by molar-refractivity contribution is -0.138. The number of nitrogens with zero attached hydrogens (tertiary/aromatic N) is 1. The first kappa shape index (κ1) is 10.9. The molecular weight excluding hydrogens is 188 g/mol. The largest absolute Gasteiger partial charge is 0.338 e. The number of piperidine rings is 1. The zero-order valence-electron chi connectivity index (χ0n) is 9.45. The normalized spacial score (nSPS) is 28.3. The van der Waals surface area contributed by atoms with Gasteiger partial charge in [0.2, 0.25) is 5.91 Å². The van der Waals surface area contributed by atoms with Crippen LogP contribution in [0.15, 0.2) is 0 Å². The molecule has 1 amide bonds. The molecule has 3 heteroatoms. The Kier molecular flexibility index (Phi) is 3.62. The first-order valence-electron chi connectivity index (χ1n) is 6.33. The average molecular weight is 210 g/mol. The van der Waals surface area contributed by atoms with Gasteiger partial charge in [-0.3, -0.25) is 4.79 Å². The minimum Gasteiger partial charge on any atom is -0.338 e. The van der Waals surface area contributed by atoms with Gasteiger partial charge in [0.1, 0.15) is 0 Å². The summed E-state index contributed by atoms with van der Waals surface area (Å²) in [6, 6.07) is 0.326. The van der Waals surface area contributed by atoms with Gasteiger partial charge in [-0.25, -0.2) is 0 Å². The van der Waals surface area contributed by atoms with Gasteiger partial charge in [0, 0.05) is 25.0 Å². The van der Waals surface area contributed by atoms with E-state index in [0.717, 1.165) is 32.2 Å². The van der Waals surface area contributed by atoms with E-state index in [2.05, 4.69) is 4.90 Å². The molecule has 1 aliphatic carbocycles. The molecule has 1 heterocycles. The molecule has 0 bridgehead atoms. The van der Waals surface area contributed by atoms with Gasteiger partial charge in [0.05, 0.1) is 0 Å². The van der Waals surface area contributed by atoms with E-state index < -0.39 is 0 Å². The molecule has 2 aliphatic rings. The lowest BCUT2D eigenvalue weighted by Gasteiger charge is -2.36. The predicted octanol–water partition coefficient (Wildman–Crippen LogP) is 1.52. The van der Waals surface area contributed by atoms with Crippen molar-refractivity contribution in [1.82, 2.24) is 4.90 Å². The van der Waals surface area contributed by atoms with Gasteiger partial charge >= 0.3 is 0 Å². The zero-order chi connectivity index (χ0) is 10.7. The highest BCUT2D eigenvalue weighted by atomic mass is 16.2. The molecule has 0 radical (unpaired) electrons. The fourth-order valence-electron chi connectivity index (χ4n) is 2.94. The monoisotopic (exact) mass is 210 g/mol. The number of rotatable bonds is 2. The summed E-state index contributed by atoms with van der Waals surface area (Å²) in [6.07, 6.45) is 8.18. The smallest absolute Gasteiger partial charge is 0.225 e. The molecule has 0 spiro atoms. The molecule has 1 aliphatic heterocycles. The van der Waals surface area contributed by atoms with Crippen LogP contribution in [0.2, 0.25) is 0 Å². The molecule has 3 nitrogen and oxygen atoms in total. The Balaban J connectivity index is 1.96. The van der Waals surface area contributed by atoms with Crippen molar-refractivity contribution in [3.8, 4) is 0 Å². The highest BCUT2D eigenvalue weighted by molar-refractivity contribution is 5.79. The Labute approximate surface area is 92.0 Å². The van der Waals surface area contributed by atoms with Crippen molar-refractivity contribution < 1.29 is 4.79 Å². The Hall–Kier alpha value is -0.570. The van der Waals surface area contributed by atoms with Crippen LogP contribution in [-0.2, 0) is 4.79 Å². The third-order valence-electron chi connectivity index (χ3n) is 3.89. The molecule has 1 saturated carbocycles. The second-order valence-corrected chi connectivity index (χ2v) is 4.90. The molecule has 86 valence electrons. The summed E-state index contributed by atoms with van der Waals surface area (Å²) in [5.41, 5.74) is 5.74. The fourth-order valence-corrected chi connectivity index (χ4v) is 2.94. The lowest BCUT2D eigenvalue weighted by atomic mass is 9.98. The molecule has 15 heavy (non-hydrogen) atoms. The van der Waals surface area contributed by atoms with E-state index in [1.165, 1.54) is 19.3 Å². The van der Waals surface area contributed by atoms with Crippen LogP contribution in [0.1, 0.15) is 44.9 Å². The van der Waals surface area contributed by atoms with Gasteiger partial charge in [0.25, 0.3) is 0 Å². The highest BCUT2D eigenvalue weighted by Gasteiger charge is 2.31. The number of nitrogens with two attached hydrogens (primary N) is 1. The van der Waals surface area contributed by atoms with E-state index in [1.807, 2.05) is 0 Å². The summed E-state index contributed by atoms with van der Waals surface area (Å²) in [7, 11) is 0. The molecular formula is C12H22N2O. The fraction of sp³-hybridized carbons (Fsp3) is 0.917. The van der Waals surface area contributed by atoms with Crippen molar-refractivity contribution in [2.75, 3.05) is 13.1 Å². The first-order valence-corrected chi connectivity index (χ1v) is 6.33. The number of likely N-dealkylation sites (tertiary alicyclic amines) is 1. The third-order valence-corrected chi connectivity index (χ3v) is 3.89. The summed E-state index contributed by atoms with van der Waals surface area (Å²) in [5, 5.41) is 0. The second-order valence-electron chi connectivity index (χ2n) is 4.90. The van der Waals surface area contributed by atoms with Gasteiger partial charge in [-0.15, -0.1) is 0 Å². The van der Waals surface area contributed by atoms with Crippen LogP contribution in [0.4, 0.5) is 0 Å². The Morgan fingerprint density at radius 1 is 1.13 bits per heavy atom. The van der Waals surface area contributed by atoms with Crippen LogP contribution in [0.25, 0.3) is 0 Å². The van der Waals surface area contributed by atoms with Crippen molar-refractivity contribution in [2.45, 2.75) is 51.0 Å². The summed E-state index contributed by atoms with van der Waals surface area (Å²) in [5.74, 6) is 0.708. The van der Waals surface area contributed by atoms with Crippen LogP contribution in [0.3, 0.4) is 0 Å². The minimum absolute atomic E-state index is 0.317. The molecule has 0 aromatic heterocycles. The SMILES string of the molecule is NCC1CCCCN1C(=O)C1CCCC1. The lowest BCUT2D eigenvalue weighted by Crippen LogP contribution is -2.49. The van der Waals surface area contributed by atoms with Gasteiger partial charge in [-0.2, -0.15) is 0 Å². The van der Waals surface area contributed by atoms with Crippen LogP contribution in [0, 0.1) is 5.92 Å². The maximum Gasteiger partial charge on any atom is 0.225 e. The molecule has 0 aromatic carbocycles. The highest BCUT2D eigenvalue weighted by Crippen LogP contribution is 2.29.